The van der Waals surface area contributed by atoms with Crippen molar-refractivity contribution in [2.24, 2.45) is 0 Å². The summed E-state index contributed by atoms with van der Waals surface area (Å²) in [7, 11) is -1.08. The van der Waals surface area contributed by atoms with E-state index in [9.17, 15) is 0 Å². The second-order valence-electron chi connectivity index (χ2n) is 2.65. The Morgan fingerprint density at radius 2 is 1.43 bits per heavy atom. The maximum absolute atomic E-state index is 5.69. The van der Waals surface area contributed by atoms with Crippen molar-refractivity contribution in [1.29, 1.82) is 0 Å². The monoisotopic (exact) mass is 256 g/mol. The first kappa shape index (κ1) is 14.8. The maximum Gasteiger partial charge on any atom is 0.515 e. The average molecular weight is 256 g/mol. The summed E-state index contributed by atoms with van der Waals surface area (Å²) in [5.41, 5.74) is 0. The van der Waals surface area contributed by atoms with Gasteiger partial charge >= 0.3 is 8.80 Å². The number of rotatable bonds is 8. The first-order valence-electron chi connectivity index (χ1n) is 4.88. The van der Waals surface area contributed by atoms with Crippen LogP contribution in [0.25, 0.3) is 0 Å². The summed E-state index contributed by atoms with van der Waals surface area (Å²) < 4.78 is 17.1. The molecular formula is C8H20O3S2Si. The van der Waals surface area contributed by atoms with Crippen LogP contribution in [0, 0.1) is 0 Å². The van der Waals surface area contributed by atoms with Crippen LogP contribution in [-0.2, 0) is 13.3 Å². The first-order chi connectivity index (χ1) is 6.66. The molecule has 1 atom stereocenters. The quantitative estimate of drug-likeness (QED) is 0.410. The van der Waals surface area contributed by atoms with Gasteiger partial charge in [-0.05, 0) is 27.7 Å². The molecule has 0 aromatic rings. The third-order valence-corrected chi connectivity index (χ3v) is 7.84. The molecule has 0 saturated heterocycles. The van der Waals surface area contributed by atoms with Crippen LogP contribution in [0.4, 0.5) is 0 Å². The number of hydrogen-bond donors (Lipinski definition) is 1. The van der Waals surface area contributed by atoms with E-state index in [1.54, 1.807) is 0 Å². The van der Waals surface area contributed by atoms with Gasteiger partial charge in [-0.2, -0.15) is 0 Å². The van der Waals surface area contributed by atoms with Gasteiger partial charge in [-0.25, -0.2) is 0 Å². The van der Waals surface area contributed by atoms with E-state index < -0.39 is 8.80 Å². The van der Waals surface area contributed by atoms with Gasteiger partial charge in [-0.15, -0.1) is 11.7 Å². The largest absolute Gasteiger partial charge is 0.515 e. The molecule has 0 spiro atoms. The molecule has 0 fully saturated rings. The second-order valence-corrected chi connectivity index (χ2v) is 7.56. The molecule has 1 unspecified atom stereocenters. The Balaban J connectivity index is 4.53. The van der Waals surface area contributed by atoms with Crippen LogP contribution >= 0.6 is 22.5 Å². The highest BCUT2D eigenvalue weighted by atomic mass is 33.1. The number of hydrogen-bond acceptors (Lipinski definition) is 5. The maximum atomic E-state index is 5.69. The normalized spacial score (nSPS) is 14.4. The van der Waals surface area contributed by atoms with Gasteiger partial charge < -0.3 is 13.3 Å². The lowest BCUT2D eigenvalue weighted by atomic mass is 10.9. The first-order valence-corrected chi connectivity index (χ1v) is 8.62. The minimum atomic E-state index is -2.51. The van der Waals surface area contributed by atoms with Crippen LogP contribution < -0.4 is 0 Å². The van der Waals surface area contributed by atoms with Crippen LogP contribution in [0.3, 0.4) is 0 Å². The molecule has 0 N–H and O–H groups in total. The molecule has 0 aliphatic carbocycles. The van der Waals surface area contributed by atoms with E-state index in [-0.39, 0.29) is 4.87 Å². The van der Waals surface area contributed by atoms with Gasteiger partial charge in [0.2, 0.25) is 0 Å². The van der Waals surface area contributed by atoms with Gasteiger partial charge in [0.1, 0.15) is 0 Å². The lowest BCUT2D eigenvalue weighted by Crippen LogP contribution is -2.53. The van der Waals surface area contributed by atoms with Crippen LogP contribution in [0.2, 0.25) is 0 Å². The van der Waals surface area contributed by atoms with Gasteiger partial charge in [0, 0.05) is 19.8 Å². The lowest BCUT2D eigenvalue weighted by Gasteiger charge is -2.31. The van der Waals surface area contributed by atoms with Crippen molar-refractivity contribution in [3.63, 3.8) is 0 Å². The van der Waals surface area contributed by atoms with Crippen molar-refractivity contribution >= 4 is 31.3 Å². The summed E-state index contributed by atoms with van der Waals surface area (Å²) in [5, 5.41) is 0. The molecule has 0 saturated carbocycles. The second kappa shape index (κ2) is 8.01. The molecule has 14 heavy (non-hydrogen) atoms. The molecule has 6 heteroatoms. The zero-order valence-electron chi connectivity index (χ0n) is 9.28. The molecule has 0 aliphatic heterocycles. The van der Waals surface area contributed by atoms with E-state index in [0.717, 1.165) is 0 Å². The fourth-order valence-electron chi connectivity index (χ4n) is 1.15. The van der Waals surface area contributed by atoms with Gasteiger partial charge in [0.05, 0.1) is 4.87 Å². The Morgan fingerprint density at radius 1 is 1.07 bits per heavy atom. The fourth-order valence-corrected chi connectivity index (χ4v) is 5.60. The van der Waals surface area contributed by atoms with Gasteiger partial charge in [-0.3, -0.25) is 0 Å². The Hall–Kier alpha value is 0.797. The van der Waals surface area contributed by atoms with Gasteiger partial charge in [0.15, 0.2) is 0 Å². The van der Waals surface area contributed by atoms with Crippen molar-refractivity contribution < 1.29 is 13.3 Å². The Bertz CT molecular complexity index is 132. The predicted octanol–water partition coefficient (Wildman–Crippen LogP) is 2.54. The summed E-state index contributed by atoms with van der Waals surface area (Å²) >= 11 is 4.20. The Kier molecular flexibility index (Phi) is 8.46. The summed E-state index contributed by atoms with van der Waals surface area (Å²) in [6.07, 6.45) is 0. The van der Waals surface area contributed by atoms with Crippen LogP contribution in [0.15, 0.2) is 0 Å². The van der Waals surface area contributed by atoms with Crippen molar-refractivity contribution in [3.05, 3.63) is 0 Å². The Morgan fingerprint density at radius 3 is 1.64 bits per heavy atom. The van der Waals surface area contributed by atoms with Gasteiger partial charge in [0.25, 0.3) is 0 Å². The van der Waals surface area contributed by atoms with Crippen LogP contribution in [-0.4, -0.2) is 33.5 Å². The molecule has 0 aliphatic rings. The summed E-state index contributed by atoms with van der Waals surface area (Å²) in [5.74, 6) is 0. The van der Waals surface area contributed by atoms with Crippen LogP contribution in [0.5, 0.6) is 0 Å². The molecule has 0 amide bonds. The predicted molar refractivity (Wildman–Crippen MR) is 66.7 cm³/mol. The van der Waals surface area contributed by atoms with E-state index in [1.807, 2.05) is 27.7 Å². The summed E-state index contributed by atoms with van der Waals surface area (Å²) in [4.78, 5) is 0.158. The van der Waals surface area contributed by atoms with Crippen molar-refractivity contribution in [2.75, 3.05) is 19.8 Å². The molecule has 0 bridgehead atoms. The molecule has 3 nitrogen and oxygen atoms in total. The third-order valence-electron chi connectivity index (χ3n) is 1.69. The highest BCUT2D eigenvalue weighted by Gasteiger charge is 2.46. The highest BCUT2D eigenvalue weighted by molar-refractivity contribution is 8.69. The summed E-state index contributed by atoms with van der Waals surface area (Å²) in [6, 6.07) is 0. The minimum Gasteiger partial charge on any atom is -0.373 e. The van der Waals surface area contributed by atoms with Crippen LogP contribution in [0.1, 0.15) is 27.7 Å². The van der Waals surface area contributed by atoms with E-state index >= 15 is 0 Å². The van der Waals surface area contributed by atoms with E-state index in [2.05, 4.69) is 11.7 Å². The lowest BCUT2D eigenvalue weighted by molar-refractivity contribution is 0.0709. The van der Waals surface area contributed by atoms with Crippen molar-refractivity contribution in [2.45, 2.75) is 32.6 Å². The SMILES string of the molecule is CCO[Si](OCC)(OCC)C(C)SS. The molecule has 0 rings (SSSR count). The zero-order chi connectivity index (χ0) is 11.0. The third kappa shape index (κ3) is 4.12. The molecule has 0 aromatic heterocycles. The van der Waals surface area contributed by atoms with Gasteiger partial charge in [-0.1, -0.05) is 10.8 Å². The molecule has 0 heterocycles. The van der Waals surface area contributed by atoms with Crippen molar-refractivity contribution in [1.82, 2.24) is 0 Å². The molecule has 86 valence electrons. The highest BCUT2D eigenvalue weighted by Crippen LogP contribution is 2.27. The molecule has 0 aromatic carbocycles. The van der Waals surface area contributed by atoms with Crippen molar-refractivity contribution in [3.8, 4) is 0 Å². The molecular weight excluding hydrogens is 236 g/mol. The standard InChI is InChI=1S/C8H20O3S2Si/c1-5-9-14(10-6-2,11-7-3)8(4)13-12/h8,12H,5-7H2,1-4H3. The van der Waals surface area contributed by atoms with E-state index in [1.165, 1.54) is 10.8 Å². The van der Waals surface area contributed by atoms with E-state index in [4.69, 9.17) is 13.3 Å². The zero-order valence-corrected chi connectivity index (χ0v) is 12.0. The summed E-state index contributed by atoms with van der Waals surface area (Å²) in [6.45, 7) is 9.74. The van der Waals surface area contributed by atoms with E-state index in [0.29, 0.717) is 19.8 Å². The fraction of sp³-hybridized carbons (Fsp3) is 1.00. The molecule has 0 radical (unpaired) electrons. The average Bonchev–Trinajstić information content (AvgIpc) is 2.17. The minimum absolute atomic E-state index is 0.158. The smallest absolute Gasteiger partial charge is 0.373 e. The topological polar surface area (TPSA) is 27.7 Å². The number of thiol groups is 1. The Labute approximate surface area is 97.1 Å².